The van der Waals surface area contributed by atoms with Gasteiger partial charge in [0.05, 0.1) is 0 Å². The molecule has 0 N–H and O–H groups in total. The van der Waals surface area contributed by atoms with Crippen LogP contribution < -0.4 is 0 Å². The third-order valence-corrected chi connectivity index (χ3v) is 0.156. The molecule has 0 aliphatic rings. The van der Waals surface area contributed by atoms with Crippen LogP contribution in [0.1, 0.15) is 6.92 Å². The maximum absolute atomic E-state index is 3.95. The van der Waals surface area contributed by atoms with Gasteiger partial charge in [-0.1, -0.05) is 0 Å². The molecule has 0 aromatic carbocycles. The summed E-state index contributed by atoms with van der Waals surface area (Å²) in [6, 6.07) is 0. The van der Waals surface area contributed by atoms with Crippen LogP contribution in [0.15, 0.2) is 5.16 Å². The molecule has 0 aromatic rings. The fraction of sp³-hybridized carbons (Fsp3) is 0.333. The van der Waals surface area contributed by atoms with Gasteiger partial charge in [-0.25, -0.2) is 0 Å². The van der Waals surface area contributed by atoms with E-state index in [0.717, 1.165) is 0 Å². The molecule has 0 saturated carbocycles. The number of hydrogen-bond donors (Lipinski definition) is 0. The second-order valence-electron chi connectivity index (χ2n) is 0.444. The molecule has 0 saturated heterocycles. The molecule has 8 heavy (non-hydrogen) atoms. The smallest absolute Gasteiger partial charge is 0 e. The van der Waals surface area contributed by atoms with E-state index >= 15 is 0 Å². The van der Waals surface area contributed by atoms with Gasteiger partial charge in [-0.15, -0.1) is 7.11 Å². The second-order valence-corrected chi connectivity index (χ2v) is 0.444. The predicted octanol–water partition coefficient (Wildman–Crippen LogP) is 0.670. The van der Waals surface area contributed by atoms with Crippen molar-refractivity contribution in [3.8, 4) is 0 Å². The zero-order valence-corrected chi connectivity index (χ0v) is 11.7. The van der Waals surface area contributed by atoms with Crippen molar-refractivity contribution < 1.29 is 77.2 Å². The first-order chi connectivity index (χ1) is 2.41. The fourth-order valence-electron chi connectivity index (χ4n) is 0.0645. The van der Waals surface area contributed by atoms with E-state index in [2.05, 4.69) is 23.3 Å². The Morgan fingerprint density at radius 2 is 2.00 bits per heavy atom. The van der Waals surface area contributed by atoms with Gasteiger partial charge in [0.1, 0.15) is 0 Å². The minimum atomic E-state index is 0. The average Bonchev–Trinajstić information content (AvgIpc) is 1.41. The molecule has 0 bridgehead atoms. The molecular weight excluding hydrogens is 390 g/mol. The Kier molecular flexibility index (Phi) is 65.3. The van der Waals surface area contributed by atoms with Crippen LogP contribution in [-0.4, -0.2) is 6.21 Å². The zero-order valence-electron chi connectivity index (χ0n) is 4.50. The number of nitrogens with zero attached hydrogens (tertiary/aromatic N) is 1. The Morgan fingerprint density at radius 1 is 1.62 bits per heavy atom. The van der Waals surface area contributed by atoms with Gasteiger partial charge in [-0.3, -0.25) is 0 Å². The first-order valence-corrected chi connectivity index (χ1v) is 1.19. The molecule has 44 valence electrons. The largest absolute Gasteiger partial charge is 0.600 e. The molecule has 0 aliphatic heterocycles. The van der Waals surface area contributed by atoms with Crippen LogP contribution in [0.2, 0.25) is 0 Å². The van der Waals surface area contributed by atoms with Crippen molar-refractivity contribution in [1.29, 1.82) is 0 Å². The van der Waals surface area contributed by atoms with Gasteiger partial charge in [0.2, 0.25) is 0 Å². The minimum absolute atomic E-state index is 0. The summed E-state index contributed by atoms with van der Waals surface area (Å²) in [5.41, 5.74) is 0. The molecule has 0 rings (SSSR count). The minimum Gasteiger partial charge on any atom is -0.600 e. The molecule has 0 spiro atoms. The van der Waals surface area contributed by atoms with Crippen LogP contribution in [0, 0.1) is 7.11 Å². The summed E-state index contributed by atoms with van der Waals surface area (Å²) < 4.78 is 0. The van der Waals surface area contributed by atoms with Crippen molar-refractivity contribution in [2.75, 3.05) is 0 Å². The molecule has 0 unspecified atom stereocenters. The molecule has 0 fully saturated rings. The maximum Gasteiger partial charge on any atom is 0 e. The van der Waals surface area contributed by atoms with Crippen molar-refractivity contribution in [2.45, 2.75) is 6.92 Å². The molecule has 0 amide bonds. The summed E-state index contributed by atoms with van der Waals surface area (Å²) >= 11 is 0. The van der Waals surface area contributed by atoms with Crippen molar-refractivity contribution in [3.63, 3.8) is 0 Å². The molecule has 0 atom stereocenters. The van der Waals surface area contributed by atoms with Gasteiger partial charge in [0.15, 0.2) is 0 Å². The van der Waals surface area contributed by atoms with Crippen LogP contribution in [0.5, 0.6) is 0 Å². The van der Waals surface area contributed by atoms with Crippen molar-refractivity contribution in [1.82, 2.24) is 0 Å². The molecule has 0 aromatic heterocycles. The molecule has 2 radical (unpaired) electrons. The summed E-state index contributed by atoms with van der Waals surface area (Å²) in [7, 11) is 2.95. The van der Waals surface area contributed by atoms with E-state index in [4.69, 9.17) is 0 Å². The third-order valence-electron chi connectivity index (χ3n) is 0.156. The summed E-state index contributed by atoms with van der Waals surface area (Å²) in [6.45, 7) is 1.63. The third kappa shape index (κ3) is 24.9. The van der Waals surface area contributed by atoms with Crippen LogP contribution in [-0.2, 0) is 77.2 Å². The molecule has 0 heterocycles. The van der Waals surface area contributed by atoms with Crippen LogP contribution in [0.3, 0.4) is 0 Å². The van der Waals surface area contributed by atoms with Gasteiger partial charge in [0, 0.05) is 72.3 Å². The number of rotatable bonds is 1. The zero-order chi connectivity index (χ0) is 4.12. The van der Waals surface area contributed by atoms with Crippen molar-refractivity contribution in [3.05, 3.63) is 7.11 Å². The number of hydrogen-bond acceptors (Lipinski definition) is 2. The van der Waals surface area contributed by atoms with E-state index in [1.807, 2.05) is 0 Å². The van der Waals surface area contributed by atoms with E-state index in [1.165, 1.54) is 0 Å². The SMILES string of the molecule is [CH2-]ON=[C-]C.[V].[W].[Y]. The van der Waals surface area contributed by atoms with Gasteiger partial charge in [0.25, 0.3) is 0 Å². The first-order valence-electron chi connectivity index (χ1n) is 1.19. The quantitative estimate of drug-likeness (QED) is 0.364. The van der Waals surface area contributed by atoms with E-state index in [-0.39, 0.29) is 72.3 Å². The van der Waals surface area contributed by atoms with Crippen LogP contribution in [0.25, 0.3) is 0 Å². The van der Waals surface area contributed by atoms with Crippen molar-refractivity contribution >= 4 is 6.21 Å². The Balaban J connectivity index is -0.0000000267. The molecular formula is C3H5NOVWY-2. The summed E-state index contributed by atoms with van der Waals surface area (Å²) in [6.07, 6.45) is 2.36. The summed E-state index contributed by atoms with van der Waals surface area (Å²) in [5, 5.41) is 3.11. The molecule has 5 heteroatoms. The Morgan fingerprint density at radius 3 is 2.00 bits per heavy atom. The van der Waals surface area contributed by atoms with Crippen LogP contribution in [0.4, 0.5) is 0 Å². The topological polar surface area (TPSA) is 21.6 Å². The standard InChI is InChI=1S/C3H5NO.V.W.Y/c1-3-4-5-2;;;/h2H2,1H3;;;/q-2;;;. The fourth-order valence-corrected chi connectivity index (χ4v) is 0.0645. The first kappa shape index (κ1) is 22.5. The monoisotopic (exact) mass is 395 g/mol. The van der Waals surface area contributed by atoms with Gasteiger partial charge >= 0.3 is 0 Å². The summed E-state index contributed by atoms with van der Waals surface area (Å²) in [5.74, 6) is 0. The van der Waals surface area contributed by atoms with Crippen LogP contribution >= 0.6 is 0 Å². The van der Waals surface area contributed by atoms with Gasteiger partial charge in [-0.2, -0.15) is 6.92 Å². The molecule has 2 nitrogen and oxygen atoms in total. The molecule has 0 aliphatic carbocycles. The van der Waals surface area contributed by atoms with Gasteiger partial charge in [-0.05, 0) is 0 Å². The Labute approximate surface area is 101 Å². The van der Waals surface area contributed by atoms with E-state index < -0.39 is 0 Å². The predicted molar refractivity (Wildman–Crippen MR) is 19.6 cm³/mol. The normalized spacial score (nSPS) is 5.75. The van der Waals surface area contributed by atoms with Gasteiger partial charge < -0.3 is 16.2 Å². The van der Waals surface area contributed by atoms with Crippen molar-refractivity contribution in [2.24, 2.45) is 5.16 Å². The maximum atomic E-state index is 3.95. The second kappa shape index (κ2) is 23.2. The Hall–Kier alpha value is 1.85. The summed E-state index contributed by atoms with van der Waals surface area (Å²) in [4.78, 5) is 3.95. The Bertz CT molecular complexity index is 46.3. The van der Waals surface area contributed by atoms with E-state index in [9.17, 15) is 0 Å². The van der Waals surface area contributed by atoms with E-state index in [0.29, 0.717) is 0 Å². The average molecular weight is 395 g/mol. The van der Waals surface area contributed by atoms with E-state index in [1.54, 1.807) is 6.92 Å².